The zero-order chi connectivity index (χ0) is 9.72. The Bertz CT molecular complexity index is 143. The SMILES string of the molecule is CCC(NC(=O)C(C)N)C(C)C. The summed E-state index contributed by atoms with van der Waals surface area (Å²) in [4.78, 5) is 11.2. The lowest BCUT2D eigenvalue weighted by Crippen LogP contribution is -2.45. The van der Waals surface area contributed by atoms with Gasteiger partial charge in [-0.3, -0.25) is 4.79 Å². The van der Waals surface area contributed by atoms with Crippen LogP contribution in [0.1, 0.15) is 34.1 Å². The normalized spacial score (nSPS) is 15.8. The molecule has 0 heterocycles. The maximum Gasteiger partial charge on any atom is 0.236 e. The number of rotatable bonds is 4. The monoisotopic (exact) mass is 172 g/mol. The van der Waals surface area contributed by atoms with E-state index in [-0.39, 0.29) is 11.9 Å². The minimum Gasteiger partial charge on any atom is -0.352 e. The molecule has 0 spiro atoms. The summed E-state index contributed by atoms with van der Waals surface area (Å²) in [6, 6.07) is -0.152. The first kappa shape index (κ1) is 11.4. The smallest absolute Gasteiger partial charge is 0.236 e. The summed E-state index contributed by atoms with van der Waals surface area (Å²) in [5.41, 5.74) is 5.43. The third-order valence-electron chi connectivity index (χ3n) is 1.99. The van der Waals surface area contributed by atoms with Gasteiger partial charge >= 0.3 is 0 Å². The van der Waals surface area contributed by atoms with Gasteiger partial charge in [0, 0.05) is 6.04 Å². The summed E-state index contributed by atoms with van der Waals surface area (Å²) in [6.07, 6.45) is 0.954. The number of hydrogen-bond donors (Lipinski definition) is 2. The molecular formula is C9H20N2O. The zero-order valence-electron chi connectivity index (χ0n) is 8.42. The van der Waals surface area contributed by atoms with E-state index < -0.39 is 6.04 Å². The lowest BCUT2D eigenvalue weighted by molar-refractivity contribution is -0.123. The van der Waals surface area contributed by atoms with E-state index in [1.54, 1.807) is 6.92 Å². The van der Waals surface area contributed by atoms with Crippen molar-refractivity contribution < 1.29 is 4.79 Å². The number of nitrogens with one attached hydrogen (secondary N) is 1. The van der Waals surface area contributed by atoms with Crippen LogP contribution in [0.15, 0.2) is 0 Å². The van der Waals surface area contributed by atoms with Gasteiger partial charge in [-0.1, -0.05) is 20.8 Å². The number of carbonyl (C=O) groups is 1. The van der Waals surface area contributed by atoms with Crippen LogP contribution in [0.25, 0.3) is 0 Å². The number of carbonyl (C=O) groups excluding carboxylic acids is 1. The number of hydrogen-bond acceptors (Lipinski definition) is 2. The molecular weight excluding hydrogens is 152 g/mol. The van der Waals surface area contributed by atoms with Crippen molar-refractivity contribution in [2.45, 2.75) is 46.2 Å². The highest BCUT2D eigenvalue weighted by Crippen LogP contribution is 2.04. The second-order valence-corrected chi connectivity index (χ2v) is 3.56. The summed E-state index contributed by atoms with van der Waals surface area (Å²) < 4.78 is 0. The van der Waals surface area contributed by atoms with E-state index in [0.717, 1.165) is 6.42 Å². The fourth-order valence-electron chi connectivity index (χ4n) is 1.05. The van der Waals surface area contributed by atoms with Gasteiger partial charge in [0.25, 0.3) is 0 Å². The number of nitrogens with two attached hydrogens (primary N) is 1. The van der Waals surface area contributed by atoms with Crippen LogP contribution in [0, 0.1) is 5.92 Å². The molecule has 0 aromatic heterocycles. The molecule has 1 amide bonds. The summed E-state index contributed by atoms with van der Waals surface area (Å²) in [7, 11) is 0. The highest BCUT2D eigenvalue weighted by molar-refractivity contribution is 5.81. The first-order chi connectivity index (χ1) is 5.49. The Morgan fingerprint density at radius 3 is 2.17 bits per heavy atom. The Labute approximate surface area is 74.7 Å². The maximum absolute atomic E-state index is 11.2. The molecule has 3 N–H and O–H groups in total. The third-order valence-corrected chi connectivity index (χ3v) is 1.99. The van der Waals surface area contributed by atoms with Crippen LogP contribution in [-0.2, 0) is 4.79 Å². The average Bonchev–Trinajstić information content (AvgIpc) is 1.98. The lowest BCUT2D eigenvalue weighted by atomic mass is 10.0. The van der Waals surface area contributed by atoms with Crippen LogP contribution < -0.4 is 11.1 Å². The van der Waals surface area contributed by atoms with Gasteiger partial charge in [-0.25, -0.2) is 0 Å². The molecule has 0 aliphatic heterocycles. The predicted molar refractivity (Wildman–Crippen MR) is 50.7 cm³/mol. The van der Waals surface area contributed by atoms with Gasteiger partial charge in [0.05, 0.1) is 6.04 Å². The Morgan fingerprint density at radius 2 is 1.92 bits per heavy atom. The van der Waals surface area contributed by atoms with E-state index >= 15 is 0 Å². The van der Waals surface area contributed by atoms with Crippen molar-refractivity contribution in [3.05, 3.63) is 0 Å². The first-order valence-corrected chi connectivity index (χ1v) is 4.55. The van der Waals surface area contributed by atoms with Crippen LogP contribution in [0.2, 0.25) is 0 Å². The first-order valence-electron chi connectivity index (χ1n) is 4.55. The molecule has 0 aromatic rings. The minimum absolute atomic E-state index is 0.0597. The van der Waals surface area contributed by atoms with Crippen molar-refractivity contribution >= 4 is 5.91 Å². The summed E-state index contributed by atoms with van der Waals surface area (Å²) >= 11 is 0. The molecule has 72 valence electrons. The average molecular weight is 172 g/mol. The topological polar surface area (TPSA) is 55.1 Å². The molecule has 0 fully saturated rings. The Kier molecular flexibility index (Phi) is 4.90. The summed E-state index contributed by atoms with van der Waals surface area (Å²) in [6.45, 7) is 7.94. The quantitative estimate of drug-likeness (QED) is 0.661. The predicted octanol–water partition coefficient (Wildman–Crippen LogP) is 0.884. The van der Waals surface area contributed by atoms with Crippen molar-refractivity contribution in [3.63, 3.8) is 0 Å². The van der Waals surface area contributed by atoms with Gasteiger partial charge < -0.3 is 11.1 Å². The van der Waals surface area contributed by atoms with Crippen molar-refractivity contribution in [1.29, 1.82) is 0 Å². The maximum atomic E-state index is 11.2. The lowest BCUT2D eigenvalue weighted by Gasteiger charge is -2.21. The second-order valence-electron chi connectivity index (χ2n) is 3.56. The second kappa shape index (κ2) is 5.14. The molecule has 12 heavy (non-hydrogen) atoms. The van der Waals surface area contributed by atoms with Crippen LogP contribution in [0.5, 0.6) is 0 Å². The van der Waals surface area contributed by atoms with E-state index in [4.69, 9.17) is 5.73 Å². The van der Waals surface area contributed by atoms with Gasteiger partial charge in [0.2, 0.25) is 5.91 Å². The van der Waals surface area contributed by atoms with Crippen LogP contribution in [0.4, 0.5) is 0 Å². The largest absolute Gasteiger partial charge is 0.352 e. The third kappa shape index (κ3) is 3.72. The summed E-state index contributed by atoms with van der Waals surface area (Å²) in [5.74, 6) is 0.410. The Hall–Kier alpha value is -0.570. The van der Waals surface area contributed by atoms with Crippen molar-refractivity contribution in [2.24, 2.45) is 11.7 Å². The van der Waals surface area contributed by atoms with Gasteiger partial charge in [0.15, 0.2) is 0 Å². The fraction of sp³-hybridized carbons (Fsp3) is 0.889. The van der Waals surface area contributed by atoms with Gasteiger partial charge in [-0.15, -0.1) is 0 Å². The Balaban J connectivity index is 3.94. The number of amides is 1. The van der Waals surface area contributed by atoms with Crippen LogP contribution in [0.3, 0.4) is 0 Å². The minimum atomic E-state index is -0.405. The molecule has 0 rings (SSSR count). The highest BCUT2D eigenvalue weighted by atomic mass is 16.2. The van der Waals surface area contributed by atoms with E-state index in [9.17, 15) is 4.79 Å². The standard InChI is InChI=1S/C9H20N2O/c1-5-8(6(2)3)11-9(12)7(4)10/h6-8H,5,10H2,1-4H3,(H,11,12). The van der Waals surface area contributed by atoms with Crippen molar-refractivity contribution in [1.82, 2.24) is 5.32 Å². The van der Waals surface area contributed by atoms with Crippen molar-refractivity contribution in [2.75, 3.05) is 0 Å². The molecule has 0 bridgehead atoms. The van der Waals surface area contributed by atoms with Gasteiger partial charge in [-0.2, -0.15) is 0 Å². The van der Waals surface area contributed by atoms with E-state index in [0.29, 0.717) is 5.92 Å². The Morgan fingerprint density at radius 1 is 1.42 bits per heavy atom. The molecule has 3 heteroatoms. The molecule has 0 radical (unpaired) electrons. The van der Waals surface area contributed by atoms with E-state index in [1.165, 1.54) is 0 Å². The van der Waals surface area contributed by atoms with Gasteiger partial charge in [0.1, 0.15) is 0 Å². The molecule has 0 saturated carbocycles. The fourth-order valence-corrected chi connectivity index (χ4v) is 1.05. The zero-order valence-corrected chi connectivity index (χ0v) is 8.42. The molecule has 0 aromatic carbocycles. The highest BCUT2D eigenvalue weighted by Gasteiger charge is 2.15. The molecule has 0 aliphatic carbocycles. The van der Waals surface area contributed by atoms with E-state index in [1.807, 2.05) is 0 Å². The molecule has 2 unspecified atom stereocenters. The van der Waals surface area contributed by atoms with Crippen LogP contribution >= 0.6 is 0 Å². The molecule has 2 atom stereocenters. The molecule has 0 aliphatic rings. The summed E-state index contributed by atoms with van der Waals surface area (Å²) in [5, 5.41) is 2.90. The van der Waals surface area contributed by atoms with Crippen LogP contribution in [-0.4, -0.2) is 18.0 Å². The van der Waals surface area contributed by atoms with Gasteiger partial charge in [-0.05, 0) is 19.3 Å². The van der Waals surface area contributed by atoms with Crippen molar-refractivity contribution in [3.8, 4) is 0 Å². The van der Waals surface area contributed by atoms with E-state index in [2.05, 4.69) is 26.1 Å². The molecule has 0 saturated heterocycles. The molecule has 3 nitrogen and oxygen atoms in total.